The molecule has 2 aromatic rings. The van der Waals surface area contributed by atoms with Gasteiger partial charge >= 0.3 is 6.09 Å². The molecule has 1 aliphatic heterocycles. The Hall–Kier alpha value is -3.80. The van der Waals surface area contributed by atoms with E-state index >= 15 is 0 Å². The molecule has 1 saturated heterocycles. The predicted molar refractivity (Wildman–Crippen MR) is 143 cm³/mol. The zero-order valence-electron chi connectivity index (χ0n) is 21.9. The molecule has 0 radical (unpaired) electrons. The maximum atomic E-state index is 12.4. The van der Waals surface area contributed by atoms with Gasteiger partial charge in [-0.2, -0.15) is 10.5 Å². The van der Waals surface area contributed by atoms with Crippen molar-refractivity contribution in [2.75, 3.05) is 24.5 Å². The van der Waals surface area contributed by atoms with Crippen LogP contribution in [-0.4, -0.2) is 52.9 Å². The maximum absolute atomic E-state index is 12.4. The number of nitriles is 2. The van der Waals surface area contributed by atoms with Crippen molar-refractivity contribution in [3.05, 3.63) is 52.6 Å². The van der Waals surface area contributed by atoms with Gasteiger partial charge in [0, 0.05) is 13.1 Å². The first-order chi connectivity index (χ1) is 17.9. The minimum Gasteiger partial charge on any atom is -0.444 e. The number of primary amides is 1. The summed E-state index contributed by atoms with van der Waals surface area (Å²) < 4.78 is 5.25. The summed E-state index contributed by atoms with van der Waals surface area (Å²) in [5, 5.41) is 33.3. The summed E-state index contributed by atoms with van der Waals surface area (Å²) in [7, 11) is 0. The fraction of sp³-hybridized carbons (Fsp3) is 0.444. The summed E-state index contributed by atoms with van der Waals surface area (Å²) in [4.78, 5) is 30.9. The predicted octanol–water partition coefficient (Wildman–Crippen LogP) is 3.17. The molecule has 0 bridgehead atoms. The quantitative estimate of drug-likeness (QED) is 0.430. The van der Waals surface area contributed by atoms with Crippen LogP contribution in [0.4, 0.5) is 10.6 Å². The van der Waals surface area contributed by atoms with Crippen molar-refractivity contribution in [1.82, 2.24) is 10.3 Å². The van der Waals surface area contributed by atoms with Gasteiger partial charge in [0.15, 0.2) is 0 Å². The summed E-state index contributed by atoms with van der Waals surface area (Å²) in [6.45, 7) is 7.51. The van der Waals surface area contributed by atoms with Crippen molar-refractivity contribution >= 4 is 29.6 Å². The first-order valence-corrected chi connectivity index (χ1v) is 13.1. The number of rotatable bonds is 8. The third-order valence-corrected chi connectivity index (χ3v) is 7.27. The number of alkyl carbamates (subject to hydrolysis) is 1. The Morgan fingerprint density at radius 2 is 1.92 bits per heavy atom. The number of anilines is 1. The molecule has 10 nitrogen and oxygen atoms in total. The van der Waals surface area contributed by atoms with Gasteiger partial charge in [0.2, 0.25) is 5.91 Å². The largest absolute Gasteiger partial charge is 0.444 e. The van der Waals surface area contributed by atoms with Crippen molar-refractivity contribution < 1.29 is 19.4 Å². The van der Waals surface area contributed by atoms with Gasteiger partial charge < -0.3 is 25.8 Å². The van der Waals surface area contributed by atoms with Crippen LogP contribution in [0.5, 0.6) is 0 Å². The SMILES string of the molecule is CCc1c(C#N)c(SC(C(N)=O)c2ccccc2)nc(N2CCC(O)(CNC(=O)OC(C)(C)C)C2)c1C#N. The number of ether oxygens (including phenoxy) is 1. The minimum absolute atomic E-state index is 0.0451. The van der Waals surface area contributed by atoms with E-state index in [1.54, 1.807) is 49.9 Å². The molecule has 0 spiro atoms. The molecule has 200 valence electrons. The average molecular weight is 537 g/mol. The minimum atomic E-state index is -1.28. The first-order valence-electron chi connectivity index (χ1n) is 12.2. The number of pyridine rings is 1. The number of hydrogen-bond acceptors (Lipinski definition) is 9. The number of nitrogens with zero attached hydrogens (tertiary/aromatic N) is 4. The summed E-state index contributed by atoms with van der Waals surface area (Å²) in [6.07, 6.45) is 0.0661. The highest BCUT2D eigenvalue weighted by Gasteiger charge is 2.39. The van der Waals surface area contributed by atoms with Gasteiger partial charge in [-0.25, -0.2) is 9.78 Å². The number of thioether (sulfide) groups is 1. The van der Waals surface area contributed by atoms with Crippen molar-refractivity contribution in [3.63, 3.8) is 0 Å². The van der Waals surface area contributed by atoms with Crippen LogP contribution in [-0.2, 0) is 16.0 Å². The standard InChI is InChI=1S/C27H32N6O4S/c1-5-18-19(13-28)23(33-12-11-27(36,16-33)15-31-25(35)37-26(2,3)4)32-24(20(18)14-29)38-21(22(30)34)17-9-7-6-8-10-17/h6-10,21,36H,5,11-12,15-16H2,1-4H3,(H2,30,34)(H,31,35). The maximum Gasteiger partial charge on any atom is 0.407 e. The van der Waals surface area contributed by atoms with E-state index in [0.717, 1.165) is 11.8 Å². The van der Waals surface area contributed by atoms with E-state index in [4.69, 9.17) is 10.5 Å². The zero-order chi connectivity index (χ0) is 28.1. The molecule has 2 atom stereocenters. The van der Waals surface area contributed by atoms with E-state index in [-0.39, 0.29) is 29.2 Å². The van der Waals surface area contributed by atoms with Gasteiger partial charge in [-0.1, -0.05) is 49.0 Å². The van der Waals surface area contributed by atoms with Gasteiger partial charge in [-0.15, -0.1) is 0 Å². The number of aromatic nitrogens is 1. The van der Waals surface area contributed by atoms with Gasteiger partial charge in [0.1, 0.15) is 39.4 Å². The van der Waals surface area contributed by atoms with Crippen LogP contribution < -0.4 is 16.0 Å². The second-order valence-electron chi connectivity index (χ2n) is 10.1. The number of amides is 2. The Morgan fingerprint density at radius 1 is 1.26 bits per heavy atom. The highest BCUT2D eigenvalue weighted by atomic mass is 32.2. The highest BCUT2D eigenvalue weighted by Crippen LogP contribution is 2.40. The summed E-state index contributed by atoms with van der Waals surface area (Å²) in [5.41, 5.74) is 5.42. The number of hydrogen-bond donors (Lipinski definition) is 3. The van der Waals surface area contributed by atoms with Crippen LogP contribution in [0.3, 0.4) is 0 Å². The van der Waals surface area contributed by atoms with Crippen LogP contribution in [0, 0.1) is 22.7 Å². The molecule has 4 N–H and O–H groups in total. The van der Waals surface area contributed by atoms with Crippen molar-refractivity contribution in [2.24, 2.45) is 5.73 Å². The second kappa shape index (κ2) is 11.7. The van der Waals surface area contributed by atoms with E-state index in [0.29, 0.717) is 36.3 Å². The number of carbonyl (C=O) groups is 2. The Bertz CT molecular complexity index is 1280. The molecule has 1 aliphatic rings. The van der Waals surface area contributed by atoms with E-state index < -0.39 is 28.5 Å². The molecule has 3 rings (SSSR count). The fourth-order valence-corrected chi connectivity index (χ4v) is 5.32. The van der Waals surface area contributed by atoms with Crippen molar-refractivity contribution in [2.45, 2.75) is 62.0 Å². The topological polar surface area (TPSA) is 165 Å². The monoisotopic (exact) mass is 536 g/mol. The molecule has 0 aliphatic carbocycles. The lowest BCUT2D eigenvalue weighted by Crippen LogP contribution is -2.46. The molecule has 1 aromatic carbocycles. The molecular weight excluding hydrogens is 504 g/mol. The van der Waals surface area contributed by atoms with Crippen LogP contribution in [0.1, 0.15) is 61.6 Å². The molecule has 2 amide bonds. The molecule has 1 aromatic heterocycles. The number of nitrogens with one attached hydrogen (secondary N) is 1. The van der Waals surface area contributed by atoms with Gasteiger partial charge in [0.25, 0.3) is 0 Å². The van der Waals surface area contributed by atoms with E-state index in [2.05, 4.69) is 22.4 Å². The van der Waals surface area contributed by atoms with Gasteiger partial charge in [-0.05, 0) is 44.7 Å². The van der Waals surface area contributed by atoms with E-state index in [9.17, 15) is 25.2 Å². The van der Waals surface area contributed by atoms with E-state index in [1.807, 2.05) is 13.0 Å². The molecule has 0 saturated carbocycles. The number of nitrogens with two attached hydrogens (primary N) is 1. The second-order valence-corrected chi connectivity index (χ2v) is 11.2. The molecule has 2 unspecified atom stereocenters. The van der Waals surface area contributed by atoms with Crippen LogP contribution in [0.25, 0.3) is 0 Å². The Kier molecular flexibility index (Phi) is 8.87. The lowest BCUT2D eigenvalue weighted by Gasteiger charge is -2.27. The normalized spacial score (nSPS) is 17.8. The fourth-order valence-electron chi connectivity index (χ4n) is 4.26. The first kappa shape index (κ1) is 28.8. The highest BCUT2D eigenvalue weighted by molar-refractivity contribution is 8.00. The molecule has 38 heavy (non-hydrogen) atoms. The third kappa shape index (κ3) is 6.74. The van der Waals surface area contributed by atoms with Crippen LogP contribution in [0.2, 0.25) is 0 Å². The lowest BCUT2D eigenvalue weighted by atomic mass is 10.0. The van der Waals surface area contributed by atoms with E-state index in [1.165, 1.54) is 0 Å². The van der Waals surface area contributed by atoms with Crippen molar-refractivity contribution in [1.29, 1.82) is 10.5 Å². The number of aliphatic hydroxyl groups is 1. The Balaban J connectivity index is 1.95. The van der Waals surface area contributed by atoms with Crippen LogP contribution >= 0.6 is 11.8 Å². The smallest absolute Gasteiger partial charge is 0.407 e. The molecular formula is C27H32N6O4S. The van der Waals surface area contributed by atoms with Crippen molar-refractivity contribution in [3.8, 4) is 12.1 Å². The number of benzene rings is 1. The molecule has 11 heteroatoms. The summed E-state index contributed by atoms with van der Waals surface area (Å²) in [6, 6.07) is 13.3. The molecule has 2 heterocycles. The Morgan fingerprint density at radius 3 is 2.47 bits per heavy atom. The van der Waals surface area contributed by atoms with Crippen LogP contribution in [0.15, 0.2) is 35.4 Å². The zero-order valence-corrected chi connectivity index (χ0v) is 22.8. The summed E-state index contributed by atoms with van der Waals surface area (Å²) >= 11 is 1.06. The van der Waals surface area contributed by atoms with Gasteiger partial charge in [-0.3, -0.25) is 4.79 Å². The third-order valence-electron chi connectivity index (χ3n) is 6.01. The van der Waals surface area contributed by atoms with Gasteiger partial charge in [0.05, 0.1) is 17.7 Å². The Labute approximate surface area is 226 Å². The molecule has 1 fully saturated rings. The summed E-state index contributed by atoms with van der Waals surface area (Å²) in [5.74, 6) is -0.269. The number of β-amino-alcohol motifs (C(OH)–C–C–N with tert-alkyl or cyclic N) is 1. The number of carbonyl (C=O) groups excluding carboxylic acids is 2. The average Bonchev–Trinajstić information content (AvgIpc) is 3.26. The lowest BCUT2D eigenvalue weighted by molar-refractivity contribution is -0.117.